The van der Waals surface area contributed by atoms with Crippen LogP contribution in [0.4, 0.5) is 0 Å². The van der Waals surface area contributed by atoms with E-state index in [-0.39, 0.29) is 0 Å². The summed E-state index contributed by atoms with van der Waals surface area (Å²) in [6, 6.07) is 7.57. The summed E-state index contributed by atoms with van der Waals surface area (Å²) in [4.78, 5) is 0.888. The van der Waals surface area contributed by atoms with Gasteiger partial charge in [0.1, 0.15) is 11.9 Å². The third-order valence-electron chi connectivity index (χ3n) is 2.96. The molecule has 0 saturated carbocycles. The van der Waals surface area contributed by atoms with Crippen LogP contribution in [0.3, 0.4) is 0 Å². The largest absolute Gasteiger partial charge is 0.495 e. The molecule has 0 aliphatic rings. The van der Waals surface area contributed by atoms with Crippen LogP contribution in [0.25, 0.3) is 9.40 Å². The Morgan fingerprint density at radius 2 is 2.10 bits per heavy atom. The van der Waals surface area contributed by atoms with E-state index in [1.54, 1.807) is 41.9 Å². The van der Waals surface area contributed by atoms with E-state index in [1.165, 1.54) is 9.40 Å². The van der Waals surface area contributed by atoms with Crippen LogP contribution in [0.1, 0.15) is 16.5 Å². The second-order valence-electron chi connectivity index (χ2n) is 4.21. The number of aliphatic hydroxyl groups excluding tert-OH is 1. The fourth-order valence-electron chi connectivity index (χ4n) is 2.07. The van der Waals surface area contributed by atoms with E-state index in [0.717, 1.165) is 9.35 Å². The molecule has 3 aromatic rings. The molecule has 1 unspecified atom stereocenters. The molecule has 0 aliphatic heterocycles. The summed E-state index contributed by atoms with van der Waals surface area (Å²) in [5, 5.41) is 13.2. The fraction of sp³-hybridized carbons (Fsp3) is 0.143. The molecule has 0 aliphatic carbocycles. The highest BCUT2D eigenvalue weighted by Crippen LogP contribution is 2.41. The third kappa shape index (κ3) is 2.49. The lowest BCUT2D eigenvalue weighted by Gasteiger charge is -2.15. The molecule has 2 nitrogen and oxygen atoms in total. The zero-order valence-electron chi connectivity index (χ0n) is 10.4. The molecular formula is C14H10BrClO2S2. The molecule has 1 atom stereocenters. The van der Waals surface area contributed by atoms with Gasteiger partial charge in [-0.1, -0.05) is 11.6 Å². The highest BCUT2D eigenvalue weighted by molar-refractivity contribution is 9.10. The maximum Gasteiger partial charge on any atom is 0.139 e. The Labute approximate surface area is 137 Å². The summed E-state index contributed by atoms with van der Waals surface area (Å²) in [5.41, 5.74) is 0.667. The van der Waals surface area contributed by atoms with E-state index in [9.17, 15) is 5.11 Å². The van der Waals surface area contributed by atoms with Crippen LogP contribution in [0.15, 0.2) is 34.1 Å². The van der Waals surface area contributed by atoms with E-state index in [1.807, 2.05) is 11.4 Å². The van der Waals surface area contributed by atoms with Crippen molar-refractivity contribution in [3.8, 4) is 5.75 Å². The topological polar surface area (TPSA) is 29.5 Å². The maximum atomic E-state index is 10.6. The molecule has 104 valence electrons. The summed E-state index contributed by atoms with van der Waals surface area (Å²) in [6.45, 7) is 0. The second kappa shape index (κ2) is 5.66. The van der Waals surface area contributed by atoms with Gasteiger partial charge in [0.2, 0.25) is 0 Å². The fourth-order valence-corrected chi connectivity index (χ4v) is 5.19. The van der Waals surface area contributed by atoms with Gasteiger partial charge in [-0.25, -0.2) is 0 Å². The SMILES string of the molecule is COc1c(Br)cc(Cl)cc1C(O)c1cc2sccc2s1. The van der Waals surface area contributed by atoms with Crippen LogP contribution in [0, 0.1) is 0 Å². The molecule has 0 spiro atoms. The zero-order valence-corrected chi connectivity index (χ0v) is 14.4. The van der Waals surface area contributed by atoms with E-state index in [4.69, 9.17) is 16.3 Å². The van der Waals surface area contributed by atoms with Crippen molar-refractivity contribution < 1.29 is 9.84 Å². The normalized spacial score (nSPS) is 12.8. The Morgan fingerprint density at radius 3 is 2.80 bits per heavy atom. The first-order valence-electron chi connectivity index (χ1n) is 5.78. The highest BCUT2D eigenvalue weighted by Gasteiger charge is 2.20. The van der Waals surface area contributed by atoms with Gasteiger partial charge in [-0.15, -0.1) is 22.7 Å². The maximum absolute atomic E-state index is 10.6. The van der Waals surface area contributed by atoms with Gasteiger partial charge in [-0.3, -0.25) is 0 Å². The minimum atomic E-state index is -0.746. The molecule has 0 saturated heterocycles. The number of thiophene rings is 2. The molecule has 1 aromatic carbocycles. The number of halogens is 2. The zero-order chi connectivity index (χ0) is 14.3. The Morgan fingerprint density at radius 1 is 1.30 bits per heavy atom. The summed E-state index contributed by atoms with van der Waals surface area (Å²) in [7, 11) is 1.58. The van der Waals surface area contributed by atoms with Crippen LogP contribution >= 0.6 is 50.2 Å². The van der Waals surface area contributed by atoms with Crippen molar-refractivity contribution in [3.63, 3.8) is 0 Å². The van der Waals surface area contributed by atoms with E-state index in [0.29, 0.717) is 16.3 Å². The van der Waals surface area contributed by atoms with E-state index >= 15 is 0 Å². The Balaban J connectivity index is 2.09. The van der Waals surface area contributed by atoms with Crippen molar-refractivity contribution in [1.82, 2.24) is 0 Å². The van der Waals surface area contributed by atoms with Crippen LogP contribution in [-0.4, -0.2) is 12.2 Å². The predicted molar refractivity (Wildman–Crippen MR) is 89.5 cm³/mol. The highest BCUT2D eigenvalue weighted by atomic mass is 79.9. The molecule has 0 amide bonds. The number of fused-ring (bicyclic) bond motifs is 1. The van der Waals surface area contributed by atoms with E-state index in [2.05, 4.69) is 22.0 Å². The Kier molecular flexibility index (Phi) is 4.06. The lowest BCUT2D eigenvalue weighted by atomic mass is 10.1. The molecule has 2 heterocycles. The summed E-state index contributed by atoms with van der Waals surface area (Å²) < 4.78 is 8.48. The molecule has 0 radical (unpaired) electrons. The van der Waals surface area contributed by atoms with Gasteiger partial charge >= 0.3 is 0 Å². The van der Waals surface area contributed by atoms with Crippen LogP contribution in [-0.2, 0) is 0 Å². The lowest BCUT2D eigenvalue weighted by molar-refractivity contribution is 0.218. The molecule has 20 heavy (non-hydrogen) atoms. The van der Waals surface area contributed by atoms with Gasteiger partial charge < -0.3 is 9.84 Å². The summed E-state index contributed by atoms with van der Waals surface area (Å²) >= 11 is 12.7. The standard InChI is InChI=1S/C14H10BrClO2S2/c1-18-14-8(4-7(16)5-9(14)15)13(17)12-6-11-10(20-12)2-3-19-11/h2-6,13,17H,1H3. The molecule has 0 fully saturated rings. The smallest absolute Gasteiger partial charge is 0.139 e. The van der Waals surface area contributed by atoms with E-state index < -0.39 is 6.10 Å². The van der Waals surface area contributed by atoms with Crippen molar-refractivity contribution in [2.24, 2.45) is 0 Å². The monoisotopic (exact) mass is 388 g/mol. The minimum absolute atomic E-state index is 0.560. The van der Waals surface area contributed by atoms with Crippen molar-refractivity contribution in [2.45, 2.75) is 6.10 Å². The van der Waals surface area contributed by atoms with Crippen molar-refractivity contribution in [2.75, 3.05) is 7.11 Å². The number of ether oxygens (including phenoxy) is 1. The number of methoxy groups -OCH3 is 1. The second-order valence-corrected chi connectivity index (χ2v) is 7.56. The van der Waals surface area contributed by atoms with Gasteiger partial charge in [-0.05, 0) is 45.6 Å². The number of benzene rings is 1. The first-order chi connectivity index (χ1) is 9.60. The molecule has 6 heteroatoms. The summed E-state index contributed by atoms with van der Waals surface area (Å²) in [5.74, 6) is 0.610. The Bertz CT molecular complexity index is 737. The first-order valence-corrected chi connectivity index (χ1v) is 8.65. The lowest BCUT2D eigenvalue weighted by Crippen LogP contribution is -2.01. The minimum Gasteiger partial charge on any atom is -0.495 e. The molecule has 1 N–H and O–H groups in total. The van der Waals surface area contributed by atoms with Crippen LogP contribution < -0.4 is 4.74 Å². The van der Waals surface area contributed by atoms with Gasteiger partial charge in [0.25, 0.3) is 0 Å². The van der Waals surface area contributed by atoms with Gasteiger partial charge in [0, 0.05) is 24.9 Å². The van der Waals surface area contributed by atoms with Crippen molar-refractivity contribution >= 4 is 59.6 Å². The first kappa shape index (κ1) is 14.4. The van der Waals surface area contributed by atoms with Crippen LogP contribution in [0.2, 0.25) is 5.02 Å². The third-order valence-corrected chi connectivity index (χ3v) is 5.92. The molecular weight excluding hydrogens is 380 g/mol. The predicted octanol–water partition coefficient (Wildman–Crippen LogP) is 5.47. The number of hydrogen-bond acceptors (Lipinski definition) is 4. The van der Waals surface area contributed by atoms with Gasteiger partial charge in [0.15, 0.2) is 0 Å². The number of hydrogen-bond donors (Lipinski definition) is 1. The Hall–Kier alpha value is -0.590. The van der Waals surface area contributed by atoms with Gasteiger partial charge in [0.05, 0.1) is 11.6 Å². The van der Waals surface area contributed by atoms with Crippen molar-refractivity contribution in [1.29, 1.82) is 0 Å². The number of rotatable bonds is 3. The average molecular weight is 390 g/mol. The molecule has 2 aromatic heterocycles. The quantitative estimate of drug-likeness (QED) is 0.643. The molecule has 3 rings (SSSR count). The summed E-state index contributed by atoms with van der Waals surface area (Å²) in [6.07, 6.45) is -0.746. The van der Waals surface area contributed by atoms with Gasteiger partial charge in [-0.2, -0.15) is 0 Å². The average Bonchev–Trinajstić information content (AvgIpc) is 2.97. The molecule has 0 bridgehead atoms. The van der Waals surface area contributed by atoms with Crippen molar-refractivity contribution in [3.05, 3.63) is 49.6 Å². The van der Waals surface area contributed by atoms with Crippen LogP contribution in [0.5, 0.6) is 5.75 Å². The number of aliphatic hydroxyl groups is 1.